The summed E-state index contributed by atoms with van der Waals surface area (Å²) in [6.45, 7) is 6.88. The predicted octanol–water partition coefficient (Wildman–Crippen LogP) is 2.33. The lowest BCUT2D eigenvalue weighted by Gasteiger charge is -2.24. The summed E-state index contributed by atoms with van der Waals surface area (Å²) in [7, 11) is 3.83. The van der Waals surface area contributed by atoms with Gasteiger partial charge in [-0.1, -0.05) is 13.8 Å². The van der Waals surface area contributed by atoms with Crippen LogP contribution in [0.2, 0.25) is 0 Å². The number of carbonyl (C=O) groups excluding carboxylic acids is 1. The smallest absolute Gasteiger partial charge is 0.194 e. The van der Waals surface area contributed by atoms with Gasteiger partial charge in [-0.2, -0.15) is 0 Å². The van der Waals surface area contributed by atoms with Gasteiger partial charge in [0.1, 0.15) is 0 Å². The molecule has 0 aromatic heterocycles. The molecule has 0 aromatic rings. The normalized spacial score (nSPS) is 21.1. The third-order valence-corrected chi connectivity index (χ3v) is 3.09. The highest BCUT2D eigenvalue weighted by atomic mass is 16.1. The Morgan fingerprint density at radius 3 is 2.53 bits per heavy atom. The molecular formula is C15H25N3O. The molecule has 1 aliphatic carbocycles. The SMILES string of the molecule is CCN/C(=C1\C(=N)CC/C(=C\N(C)C)C1=O)C(C)C. The van der Waals surface area contributed by atoms with Crippen molar-refractivity contribution in [2.24, 2.45) is 5.92 Å². The van der Waals surface area contributed by atoms with E-state index in [1.54, 1.807) is 0 Å². The zero-order valence-corrected chi connectivity index (χ0v) is 12.6. The Hall–Kier alpha value is -1.58. The number of rotatable bonds is 4. The molecule has 0 heterocycles. The first kappa shape index (κ1) is 15.5. The molecule has 1 aliphatic rings. The molecule has 4 heteroatoms. The summed E-state index contributed by atoms with van der Waals surface area (Å²) in [6, 6.07) is 0. The Labute approximate surface area is 116 Å². The molecule has 0 atom stereocenters. The number of carbonyl (C=O) groups is 1. The van der Waals surface area contributed by atoms with E-state index in [0.29, 0.717) is 24.1 Å². The van der Waals surface area contributed by atoms with Gasteiger partial charge in [0.05, 0.1) is 5.57 Å². The summed E-state index contributed by atoms with van der Waals surface area (Å²) in [6.07, 6.45) is 3.18. The van der Waals surface area contributed by atoms with E-state index in [1.807, 2.05) is 32.1 Å². The van der Waals surface area contributed by atoms with Gasteiger partial charge in [-0.25, -0.2) is 0 Å². The molecule has 4 nitrogen and oxygen atoms in total. The van der Waals surface area contributed by atoms with E-state index in [2.05, 4.69) is 19.2 Å². The van der Waals surface area contributed by atoms with E-state index in [1.165, 1.54) is 0 Å². The Balaban J connectivity index is 3.25. The fraction of sp³-hybridized carbons (Fsp3) is 0.600. The molecule has 19 heavy (non-hydrogen) atoms. The summed E-state index contributed by atoms with van der Waals surface area (Å²) in [5.41, 5.74) is 2.75. The monoisotopic (exact) mass is 263 g/mol. The van der Waals surface area contributed by atoms with Crippen molar-refractivity contribution in [2.45, 2.75) is 33.6 Å². The van der Waals surface area contributed by atoms with Crippen LogP contribution >= 0.6 is 0 Å². The summed E-state index contributed by atoms with van der Waals surface area (Å²) >= 11 is 0. The lowest BCUT2D eigenvalue weighted by molar-refractivity contribution is -0.112. The van der Waals surface area contributed by atoms with Crippen molar-refractivity contribution in [1.29, 1.82) is 5.41 Å². The lowest BCUT2D eigenvalue weighted by atomic mass is 9.84. The van der Waals surface area contributed by atoms with Crippen molar-refractivity contribution in [2.75, 3.05) is 20.6 Å². The van der Waals surface area contributed by atoms with Crippen LogP contribution in [-0.2, 0) is 4.79 Å². The molecule has 1 saturated carbocycles. The van der Waals surface area contributed by atoms with Crippen LogP contribution in [0.5, 0.6) is 0 Å². The van der Waals surface area contributed by atoms with Gasteiger partial charge in [0.15, 0.2) is 5.78 Å². The minimum absolute atomic E-state index is 0.00889. The van der Waals surface area contributed by atoms with Gasteiger partial charge in [-0.3, -0.25) is 4.79 Å². The van der Waals surface area contributed by atoms with Gasteiger partial charge in [-0.15, -0.1) is 0 Å². The molecule has 1 rings (SSSR count). The molecule has 0 unspecified atom stereocenters. The number of ketones is 1. The maximum Gasteiger partial charge on any atom is 0.194 e. The predicted molar refractivity (Wildman–Crippen MR) is 79.3 cm³/mol. The zero-order chi connectivity index (χ0) is 14.6. The summed E-state index contributed by atoms with van der Waals surface area (Å²) < 4.78 is 0. The fourth-order valence-electron chi connectivity index (χ4n) is 2.29. The van der Waals surface area contributed by atoms with Crippen LogP contribution in [0.3, 0.4) is 0 Å². The molecule has 0 spiro atoms. The van der Waals surface area contributed by atoms with Gasteiger partial charge in [0.25, 0.3) is 0 Å². The van der Waals surface area contributed by atoms with E-state index >= 15 is 0 Å². The molecular weight excluding hydrogens is 238 g/mol. The number of hydrogen-bond acceptors (Lipinski definition) is 4. The Morgan fingerprint density at radius 1 is 1.42 bits per heavy atom. The topological polar surface area (TPSA) is 56.2 Å². The van der Waals surface area contributed by atoms with Gasteiger partial charge in [0.2, 0.25) is 0 Å². The molecule has 0 amide bonds. The van der Waals surface area contributed by atoms with Crippen molar-refractivity contribution in [1.82, 2.24) is 10.2 Å². The molecule has 106 valence electrons. The van der Waals surface area contributed by atoms with Crippen LogP contribution in [0.1, 0.15) is 33.6 Å². The minimum atomic E-state index is 0.00889. The van der Waals surface area contributed by atoms with E-state index in [0.717, 1.165) is 17.8 Å². The molecule has 0 aliphatic heterocycles. The van der Waals surface area contributed by atoms with Gasteiger partial charge in [-0.05, 0) is 25.7 Å². The average molecular weight is 263 g/mol. The molecule has 0 aromatic carbocycles. The highest BCUT2D eigenvalue weighted by Gasteiger charge is 2.29. The van der Waals surface area contributed by atoms with Crippen molar-refractivity contribution in [3.05, 3.63) is 23.0 Å². The first-order chi connectivity index (χ1) is 8.88. The highest BCUT2D eigenvalue weighted by Crippen LogP contribution is 2.26. The Morgan fingerprint density at radius 2 is 2.05 bits per heavy atom. The van der Waals surface area contributed by atoms with Crippen LogP contribution in [-0.4, -0.2) is 37.0 Å². The maximum atomic E-state index is 12.6. The van der Waals surface area contributed by atoms with Crippen LogP contribution < -0.4 is 5.32 Å². The van der Waals surface area contributed by atoms with E-state index in [4.69, 9.17) is 5.41 Å². The van der Waals surface area contributed by atoms with Crippen molar-refractivity contribution in [3.8, 4) is 0 Å². The Kier molecular flexibility index (Phi) is 5.33. The van der Waals surface area contributed by atoms with Crippen LogP contribution in [0.4, 0.5) is 0 Å². The largest absolute Gasteiger partial charge is 0.388 e. The third kappa shape index (κ3) is 3.69. The molecule has 0 saturated heterocycles. The number of nitrogens with zero attached hydrogens (tertiary/aromatic N) is 1. The summed E-state index contributed by atoms with van der Waals surface area (Å²) in [5, 5.41) is 11.4. The van der Waals surface area contributed by atoms with Crippen LogP contribution in [0, 0.1) is 11.3 Å². The van der Waals surface area contributed by atoms with Crippen LogP contribution in [0.15, 0.2) is 23.0 Å². The second-order valence-electron chi connectivity index (χ2n) is 5.40. The number of allylic oxidation sites excluding steroid dienone is 3. The minimum Gasteiger partial charge on any atom is -0.388 e. The lowest BCUT2D eigenvalue weighted by Crippen LogP contribution is -2.30. The molecule has 1 fully saturated rings. The summed E-state index contributed by atoms with van der Waals surface area (Å²) in [4.78, 5) is 14.4. The number of hydrogen-bond donors (Lipinski definition) is 2. The number of nitrogens with one attached hydrogen (secondary N) is 2. The van der Waals surface area contributed by atoms with E-state index < -0.39 is 0 Å². The second kappa shape index (κ2) is 6.55. The van der Waals surface area contributed by atoms with Crippen molar-refractivity contribution >= 4 is 11.5 Å². The Bertz CT molecular complexity index is 431. The first-order valence-corrected chi connectivity index (χ1v) is 6.86. The van der Waals surface area contributed by atoms with Crippen LogP contribution in [0.25, 0.3) is 0 Å². The molecule has 0 radical (unpaired) electrons. The molecule has 0 bridgehead atoms. The highest BCUT2D eigenvalue weighted by molar-refractivity contribution is 6.29. The van der Waals surface area contributed by atoms with Gasteiger partial charge < -0.3 is 15.6 Å². The van der Waals surface area contributed by atoms with Gasteiger partial charge in [0, 0.05) is 43.8 Å². The second-order valence-corrected chi connectivity index (χ2v) is 5.40. The molecule has 2 N–H and O–H groups in total. The standard InChI is InChI=1S/C15H25N3O/c1-6-17-14(10(2)3)13-12(16)8-7-11(15(13)19)9-18(4)5/h9-10,16-17H,6-8H2,1-5H3/b11-9+,14-13+,16-12?. The average Bonchev–Trinajstić information content (AvgIpc) is 2.31. The summed E-state index contributed by atoms with van der Waals surface area (Å²) in [5.74, 6) is 0.229. The maximum absolute atomic E-state index is 12.6. The quantitative estimate of drug-likeness (QED) is 0.765. The van der Waals surface area contributed by atoms with Gasteiger partial charge >= 0.3 is 0 Å². The van der Waals surface area contributed by atoms with E-state index in [9.17, 15) is 4.79 Å². The van der Waals surface area contributed by atoms with Crippen molar-refractivity contribution in [3.63, 3.8) is 0 Å². The third-order valence-electron chi connectivity index (χ3n) is 3.09. The van der Waals surface area contributed by atoms with Crippen molar-refractivity contribution < 1.29 is 4.79 Å². The first-order valence-electron chi connectivity index (χ1n) is 6.86. The number of Topliss-reactive ketones (excluding diaryl/α,β-unsaturated/α-hetero) is 1. The fourth-order valence-corrected chi connectivity index (χ4v) is 2.29. The zero-order valence-electron chi connectivity index (χ0n) is 12.6. The van der Waals surface area contributed by atoms with E-state index in [-0.39, 0.29) is 11.7 Å².